The maximum atomic E-state index is 5.02. The Balaban J connectivity index is 1.60. The third-order valence-electron chi connectivity index (χ3n) is 5.79. The van der Waals surface area contributed by atoms with Crippen LogP contribution in [-0.2, 0) is 12.8 Å². The first kappa shape index (κ1) is 16.2. The van der Waals surface area contributed by atoms with Gasteiger partial charge in [0.1, 0.15) is 0 Å². The van der Waals surface area contributed by atoms with Gasteiger partial charge in [-0.25, -0.2) is 0 Å². The fourth-order valence-corrected chi connectivity index (χ4v) is 5.98. The van der Waals surface area contributed by atoms with Gasteiger partial charge in [-0.15, -0.1) is 0 Å². The van der Waals surface area contributed by atoms with Crippen molar-refractivity contribution in [1.82, 2.24) is 4.98 Å². The van der Waals surface area contributed by atoms with Crippen LogP contribution in [0.15, 0.2) is 12.1 Å². The first-order valence-corrected chi connectivity index (χ1v) is 13.1. The van der Waals surface area contributed by atoms with Gasteiger partial charge in [0.05, 0.1) is 0 Å². The summed E-state index contributed by atoms with van der Waals surface area (Å²) in [5.74, 6) is 3.00. The molecule has 1 aromatic rings. The molecule has 1 nitrogen and oxygen atoms in total. The summed E-state index contributed by atoms with van der Waals surface area (Å²) in [6.07, 6.45) is 9.72. The minimum atomic E-state index is -0.905. The highest BCUT2D eigenvalue weighted by Gasteiger charge is 2.39. The fraction of sp³-hybridized carbons (Fsp3) is 0.750. The molecule has 1 heterocycles. The topological polar surface area (TPSA) is 12.9 Å². The van der Waals surface area contributed by atoms with Gasteiger partial charge >= 0.3 is 0 Å². The Labute approximate surface area is 137 Å². The van der Waals surface area contributed by atoms with Gasteiger partial charge in [0.15, 0.2) is 0 Å². The van der Waals surface area contributed by atoms with Crippen LogP contribution >= 0.6 is 0 Å². The molecule has 0 aliphatic heterocycles. The summed E-state index contributed by atoms with van der Waals surface area (Å²) in [4.78, 5) is 5.02. The zero-order valence-electron chi connectivity index (χ0n) is 15.0. The Bertz CT molecular complexity index is 517. The molecular weight excluding hydrogens is 282 g/mol. The van der Waals surface area contributed by atoms with E-state index in [1.54, 1.807) is 0 Å². The van der Waals surface area contributed by atoms with Crippen molar-refractivity contribution in [2.45, 2.75) is 77.6 Å². The molecule has 0 saturated heterocycles. The van der Waals surface area contributed by atoms with Crippen molar-refractivity contribution in [2.75, 3.05) is 0 Å². The van der Waals surface area contributed by atoms with Gasteiger partial charge in [0, 0.05) is 19.5 Å². The average Bonchev–Trinajstić information content (AvgIpc) is 2.98. The molecule has 0 aromatic carbocycles. The molecule has 1 aromatic heterocycles. The lowest BCUT2D eigenvalue weighted by Gasteiger charge is -2.21. The van der Waals surface area contributed by atoms with E-state index in [1.165, 1.54) is 67.9 Å². The lowest BCUT2D eigenvalue weighted by Crippen LogP contribution is -2.19. The second-order valence-electron chi connectivity index (χ2n) is 9.18. The van der Waals surface area contributed by atoms with Crippen LogP contribution < -0.4 is 0 Å². The molecule has 2 aliphatic carbocycles. The van der Waals surface area contributed by atoms with Gasteiger partial charge in [-0.3, -0.25) is 4.98 Å². The third kappa shape index (κ3) is 4.22. The number of hydrogen-bond acceptors (Lipinski definition) is 1. The zero-order valence-corrected chi connectivity index (χ0v) is 16.0. The summed E-state index contributed by atoms with van der Waals surface area (Å²) in [5, 5.41) is 0. The molecule has 0 amide bonds. The zero-order chi connectivity index (χ0) is 15.7. The van der Waals surface area contributed by atoms with E-state index in [4.69, 9.17) is 4.98 Å². The highest BCUT2D eigenvalue weighted by atomic mass is 28.3. The highest BCUT2D eigenvalue weighted by molar-refractivity contribution is 6.76. The number of nitrogens with zero attached hydrogens (tertiary/aromatic N) is 1. The minimum absolute atomic E-state index is 0.905. The Morgan fingerprint density at radius 1 is 1.09 bits per heavy atom. The van der Waals surface area contributed by atoms with Crippen molar-refractivity contribution in [1.29, 1.82) is 0 Å². The largest absolute Gasteiger partial charge is 0.258 e. The molecule has 3 rings (SSSR count). The van der Waals surface area contributed by atoms with Gasteiger partial charge in [-0.1, -0.05) is 38.5 Å². The molecule has 0 spiro atoms. The van der Waals surface area contributed by atoms with Gasteiger partial charge in [-0.2, -0.15) is 0 Å². The third-order valence-corrected chi connectivity index (χ3v) is 7.64. The van der Waals surface area contributed by atoms with Crippen LogP contribution in [0.1, 0.15) is 49.1 Å². The molecular formula is C20H33NSi. The molecule has 2 saturated carbocycles. The number of hydrogen-bond donors (Lipinski definition) is 0. The van der Waals surface area contributed by atoms with Gasteiger partial charge in [0.2, 0.25) is 0 Å². The Kier molecular flexibility index (Phi) is 4.77. The van der Waals surface area contributed by atoms with Crippen LogP contribution in [0.5, 0.6) is 0 Å². The predicted octanol–water partition coefficient (Wildman–Crippen LogP) is 5.64. The van der Waals surface area contributed by atoms with Crippen LogP contribution in [-0.4, -0.2) is 13.1 Å². The molecule has 0 radical (unpaired) electrons. The van der Waals surface area contributed by atoms with Crippen LogP contribution in [0.4, 0.5) is 0 Å². The van der Waals surface area contributed by atoms with Crippen molar-refractivity contribution < 1.29 is 0 Å². The maximum absolute atomic E-state index is 5.02. The van der Waals surface area contributed by atoms with E-state index < -0.39 is 8.07 Å². The Morgan fingerprint density at radius 2 is 1.86 bits per heavy atom. The molecule has 2 heteroatoms. The SMILES string of the molecule is Cc1cc(CCC[Si](C)(C)C)nc(C[C@@H]2CC3CCC2C3)c1. The quantitative estimate of drug-likeness (QED) is 0.619. The summed E-state index contributed by atoms with van der Waals surface area (Å²) in [5.41, 5.74) is 4.13. The van der Waals surface area contributed by atoms with Gasteiger partial charge < -0.3 is 0 Å². The van der Waals surface area contributed by atoms with Gasteiger partial charge in [0.25, 0.3) is 0 Å². The Morgan fingerprint density at radius 3 is 2.50 bits per heavy atom. The predicted molar refractivity (Wildman–Crippen MR) is 98.1 cm³/mol. The van der Waals surface area contributed by atoms with Crippen LogP contribution in [0.3, 0.4) is 0 Å². The van der Waals surface area contributed by atoms with E-state index in [9.17, 15) is 0 Å². The summed E-state index contributed by atoms with van der Waals surface area (Å²) in [6, 6.07) is 6.08. The fourth-order valence-electron chi connectivity index (χ4n) is 4.74. The number of fused-ring (bicyclic) bond motifs is 2. The van der Waals surface area contributed by atoms with Crippen LogP contribution in [0.2, 0.25) is 25.7 Å². The first-order valence-electron chi connectivity index (χ1n) is 9.35. The van der Waals surface area contributed by atoms with Crippen molar-refractivity contribution >= 4 is 8.07 Å². The van der Waals surface area contributed by atoms with Crippen LogP contribution in [0.25, 0.3) is 0 Å². The number of aromatic nitrogens is 1. The molecule has 0 N–H and O–H groups in total. The maximum Gasteiger partial charge on any atom is 0.0442 e. The summed E-state index contributed by atoms with van der Waals surface area (Å²) < 4.78 is 0. The minimum Gasteiger partial charge on any atom is -0.258 e. The van der Waals surface area contributed by atoms with Crippen molar-refractivity contribution in [3.05, 3.63) is 29.1 Å². The van der Waals surface area contributed by atoms with E-state index in [0.717, 1.165) is 17.8 Å². The monoisotopic (exact) mass is 315 g/mol. The van der Waals surface area contributed by atoms with E-state index in [2.05, 4.69) is 38.7 Å². The number of rotatable bonds is 6. The molecule has 2 fully saturated rings. The normalized spacial score (nSPS) is 27.5. The van der Waals surface area contributed by atoms with E-state index in [1.807, 2.05) is 0 Å². The molecule has 22 heavy (non-hydrogen) atoms. The standard InChI is InChI=1S/C20H33NSi/c1-15-10-19(6-5-9-22(2,3)4)21-20(11-15)14-18-13-16-7-8-17(18)12-16/h10-11,16-18H,5-9,12-14H2,1-4H3/t16?,17?,18-/m0/s1. The van der Waals surface area contributed by atoms with Crippen molar-refractivity contribution in [3.63, 3.8) is 0 Å². The molecule has 2 aliphatic rings. The van der Waals surface area contributed by atoms with E-state index in [0.29, 0.717) is 0 Å². The molecule has 122 valence electrons. The first-order chi connectivity index (χ1) is 10.4. The number of pyridine rings is 1. The van der Waals surface area contributed by atoms with E-state index >= 15 is 0 Å². The lowest BCUT2D eigenvalue weighted by molar-refractivity contribution is 0.329. The summed E-state index contributed by atoms with van der Waals surface area (Å²) in [6.45, 7) is 9.65. The summed E-state index contributed by atoms with van der Waals surface area (Å²) in [7, 11) is -0.905. The van der Waals surface area contributed by atoms with E-state index in [-0.39, 0.29) is 0 Å². The van der Waals surface area contributed by atoms with Crippen molar-refractivity contribution in [2.24, 2.45) is 17.8 Å². The van der Waals surface area contributed by atoms with Crippen molar-refractivity contribution in [3.8, 4) is 0 Å². The van der Waals surface area contributed by atoms with Gasteiger partial charge in [-0.05, 0) is 74.5 Å². The molecule has 2 unspecified atom stereocenters. The highest BCUT2D eigenvalue weighted by Crippen LogP contribution is 2.49. The van der Waals surface area contributed by atoms with Crippen LogP contribution in [0, 0.1) is 24.7 Å². The smallest absolute Gasteiger partial charge is 0.0442 e. The second-order valence-corrected chi connectivity index (χ2v) is 14.8. The average molecular weight is 316 g/mol. The lowest BCUT2D eigenvalue weighted by atomic mass is 9.85. The number of aryl methyl sites for hydroxylation is 2. The molecule has 3 atom stereocenters. The summed E-state index contributed by atoms with van der Waals surface area (Å²) >= 11 is 0. The Hall–Kier alpha value is -0.633. The second kappa shape index (κ2) is 6.47. The molecule has 2 bridgehead atoms.